The third kappa shape index (κ3) is 5.46. The molecule has 2 aliphatic heterocycles. The van der Waals surface area contributed by atoms with Gasteiger partial charge in [-0.2, -0.15) is 0 Å². The van der Waals surface area contributed by atoms with Gasteiger partial charge in [-0.05, 0) is 38.2 Å². The van der Waals surface area contributed by atoms with Gasteiger partial charge in [0.1, 0.15) is 0 Å². The molecule has 0 bridgehead atoms. The van der Waals surface area contributed by atoms with E-state index in [4.69, 9.17) is 0 Å². The zero-order chi connectivity index (χ0) is 21.8. The zero-order valence-electron chi connectivity index (χ0n) is 18.6. The van der Waals surface area contributed by atoms with E-state index in [2.05, 4.69) is 17.4 Å². The average Bonchev–Trinajstić information content (AvgIpc) is 3.16. The quantitative estimate of drug-likeness (QED) is 0.788. The number of rotatable bonds is 5. The lowest BCUT2D eigenvalue weighted by molar-refractivity contribution is -0.137. The zero-order valence-corrected chi connectivity index (χ0v) is 18.6. The summed E-state index contributed by atoms with van der Waals surface area (Å²) in [6, 6.07) is 8.36. The van der Waals surface area contributed by atoms with Gasteiger partial charge in [0.15, 0.2) is 0 Å². The van der Waals surface area contributed by atoms with E-state index in [0.29, 0.717) is 32.6 Å². The van der Waals surface area contributed by atoms with Crippen molar-refractivity contribution in [2.24, 2.45) is 11.8 Å². The number of benzene rings is 1. The summed E-state index contributed by atoms with van der Waals surface area (Å²) in [7, 11) is 0. The van der Waals surface area contributed by atoms with E-state index in [-0.39, 0.29) is 35.6 Å². The number of nitrogens with zero attached hydrogens (tertiary/aromatic N) is 2. The fourth-order valence-electron chi connectivity index (χ4n) is 5.19. The maximum Gasteiger partial charge on any atom is 0.227 e. The third-order valence-electron chi connectivity index (χ3n) is 7.19. The van der Waals surface area contributed by atoms with Crippen LogP contribution in [0.25, 0.3) is 0 Å². The molecule has 0 aromatic heterocycles. The van der Waals surface area contributed by atoms with Crippen LogP contribution in [0.2, 0.25) is 0 Å². The minimum Gasteiger partial charge on any atom is -0.353 e. The van der Waals surface area contributed by atoms with E-state index in [9.17, 15) is 14.4 Å². The lowest BCUT2D eigenvalue weighted by Crippen LogP contribution is -2.49. The lowest BCUT2D eigenvalue weighted by Gasteiger charge is -2.34. The molecule has 3 aliphatic rings. The van der Waals surface area contributed by atoms with Crippen molar-refractivity contribution in [3.8, 4) is 0 Å². The molecule has 1 N–H and O–H groups in total. The SMILES string of the molecule is Cc1ccc(CN2CC(C(=O)N3CCC(NC(=O)C4CCCCC4)CC3)CC2=O)cc1. The Labute approximate surface area is 185 Å². The van der Waals surface area contributed by atoms with Crippen molar-refractivity contribution >= 4 is 17.7 Å². The van der Waals surface area contributed by atoms with E-state index < -0.39 is 0 Å². The highest BCUT2D eigenvalue weighted by Crippen LogP contribution is 2.26. The molecular weight excluding hydrogens is 390 g/mol. The summed E-state index contributed by atoms with van der Waals surface area (Å²) in [5.74, 6) is 0.298. The highest BCUT2D eigenvalue weighted by atomic mass is 16.2. The van der Waals surface area contributed by atoms with Gasteiger partial charge in [0.05, 0.1) is 5.92 Å². The normalized spacial score (nSPS) is 23.3. The summed E-state index contributed by atoms with van der Waals surface area (Å²) in [5.41, 5.74) is 2.30. The topological polar surface area (TPSA) is 69.7 Å². The van der Waals surface area contributed by atoms with Crippen LogP contribution < -0.4 is 5.32 Å². The number of hydrogen-bond donors (Lipinski definition) is 1. The summed E-state index contributed by atoms with van der Waals surface area (Å²) in [6.07, 6.45) is 7.50. The Bertz CT molecular complexity index is 793. The van der Waals surface area contributed by atoms with Crippen LogP contribution in [0, 0.1) is 18.8 Å². The van der Waals surface area contributed by atoms with Crippen molar-refractivity contribution in [3.63, 3.8) is 0 Å². The van der Waals surface area contributed by atoms with Crippen molar-refractivity contribution in [2.45, 2.75) is 70.9 Å². The molecule has 1 saturated carbocycles. The van der Waals surface area contributed by atoms with Crippen LogP contribution in [0.5, 0.6) is 0 Å². The van der Waals surface area contributed by atoms with E-state index >= 15 is 0 Å². The summed E-state index contributed by atoms with van der Waals surface area (Å²) in [4.78, 5) is 41.7. The molecule has 6 heteroatoms. The molecular formula is C25H35N3O3. The summed E-state index contributed by atoms with van der Waals surface area (Å²) >= 11 is 0. The van der Waals surface area contributed by atoms with Gasteiger partial charge in [0.2, 0.25) is 17.7 Å². The smallest absolute Gasteiger partial charge is 0.227 e. The van der Waals surface area contributed by atoms with Gasteiger partial charge < -0.3 is 15.1 Å². The minimum atomic E-state index is -0.244. The van der Waals surface area contributed by atoms with Crippen molar-refractivity contribution in [1.29, 1.82) is 0 Å². The lowest BCUT2D eigenvalue weighted by atomic mass is 9.88. The molecule has 3 amide bonds. The van der Waals surface area contributed by atoms with Crippen LogP contribution in [-0.4, -0.2) is 53.2 Å². The van der Waals surface area contributed by atoms with E-state index in [1.54, 1.807) is 0 Å². The Balaban J connectivity index is 1.23. The molecule has 0 radical (unpaired) electrons. The maximum absolute atomic E-state index is 13.0. The summed E-state index contributed by atoms with van der Waals surface area (Å²) in [5, 5.41) is 3.22. The van der Waals surface area contributed by atoms with Gasteiger partial charge in [0.25, 0.3) is 0 Å². The molecule has 31 heavy (non-hydrogen) atoms. The first-order valence-corrected chi connectivity index (χ1v) is 11.9. The number of aryl methyl sites for hydroxylation is 1. The predicted molar refractivity (Wildman–Crippen MR) is 119 cm³/mol. The number of likely N-dealkylation sites (tertiary alicyclic amines) is 2. The van der Waals surface area contributed by atoms with Gasteiger partial charge in [-0.25, -0.2) is 0 Å². The maximum atomic E-state index is 13.0. The molecule has 4 rings (SSSR count). The number of carbonyl (C=O) groups excluding carboxylic acids is 3. The van der Waals surface area contributed by atoms with Crippen molar-refractivity contribution < 1.29 is 14.4 Å². The number of nitrogens with one attached hydrogen (secondary N) is 1. The van der Waals surface area contributed by atoms with E-state index in [0.717, 1.165) is 44.1 Å². The molecule has 6 nitrogen and oxygen atoms in total. The van der Waals surface area contributed by atoms with Crippen molar-refractivity contribution in [1.82, 2.24) is 15.1 Å². The first-order chi connectivity index (χ1) is 15.0. The molecule has 3 fully saturated rings. The molecule has 0 spiro atoms. The molecule has 1 atom stereocenters. The third-order valence-corrected chi connectivity index (χ3v) is 7.19. The average molecular weight is 426 g/mol. The molecule has 168 valence electrons. The molecule has 1 aliphatic carbocycles. The Hall–Kier alpha value is -2.37. The van der Waals surface area contributed by atoms with Crippen LogP contribution in [-0.2, 0) is 20.9 Å². The van der Waals surface area contributed by atoms with Gasteiger partial charge in [-0.15, -0.1) is 0 Å². The fourth-order valence-corrected chi connectivity index (χ4v) is 5.19. The summed E-state index contributed by atoms with van der Waals surface area (Å²) in [6.45, 7) is 4.44. The largest absolute Gasteiger partial charge is 0.353 e. The van der Waals surface area contributed by atoms with Crippen LogP contribution in [0.1, 0.15) is 62.5 Å². The van der Waals surface area contributed by atoms with E-state index in [1.165, 1.54) is 12.0 Å². The van der Waals surface area contributed by atoms with Crippen molar-refractivity contribution in [3.05, 3.63) is 35.4 Å². The van der Waals surface area contributed by atoms with Crippen LogP contribution in [0.3, 0.4) is 0 Å². The Kier molecular flexibility index (Phi) is 6.93. The highest BCUT2D eigenvalue weighted by Gasteiger charge is 2.37. The molecule has 1 aromatic rings. The van der Waals surface area contributed by atoms with Gasteiger partial charge in [-0.1, -0.05) is 49.1 Å². The van der Waals surface area contributed by atoms with Crippen LogP contribution >= 0.6 is 0 Å². The number of amides is 3. The number of carbonyl (C=O) groups is 3. The van der Waals surface area contributed by atoms with Gasteiger partial charge in [0, 0.05) is 44.6 Å². The standard InChI is InChI=1S/C25H35N3O3/c1-18-7-9-19(10-8-18)16-28-17-21(15-23(28)29)25(31)27-13-11-22(12-14-27)26-24(30)20-5-3-2-4-6-20/h7-10,20-22H,2-6,11-17H2,1H3,(H,26,30). The van der Waals surface area contributed by atoms with Crippen molar-refractivity contribution in [2.75, 3.05) is 19.6 Å². The molecule has 2 saturated heterocycles. The monoisotopic (exact) mass is 425 g/mol. The van der Waals surface area contributed by atoms with Gasteiger partial charge in [-0.3, -0.25) is 14.4 Å². The van der Waals surface area contributed by atoms with Crippen LogP contribution in [0.15, 0.2) is 24.3 Å². The second kappa shape index (κ2) is 9.84. The predicted octanol–water partition coefficient (Wildman–Crippen LogP) is 3.03. The second-order valence-corrected chi connectivity index (χ2v) is 9.60. The molecule has 1 aromatic carbocycles. The van der Waals surface area contributed by atoms with E-state index in [1.807, 2.05) is 28.9 Å². The fraction of sp³-hybridized carbons (Fsp3) is 0.640. The second-order valence-electron chi connectivity index (χ2n) is 9.60. The Morgan fingerprint density at radius 2 is 1.65 bits per heavy atom. The molecule has 1 unspecified atom stereocenters. The summed E-state index contributed by atoms with van der Waals surface area (Å²) < 4.78 is 0. The highest BCUT2D eigenvalue weighted by molar-refractivity contribution is 5.89. The molecule has 2 heterocycles. The first kappa shape index (κ1) is 21.8. The van der Waals surface area contributed by atoms with Crippen LogP contribution in [0.4, 0.5) is 0 Å². The number of hydrogen-bond acceptors (Lipinski definition) is 3. The van der Waals surface area contributed by atoms with Gasteiger partial charge >= 0.3 is 0 Å². The minimum absolute atomic E-state index is 0.0635. The number of piperidine rings is 1. The Morgan fingerprint density at radius 3 is 2.32 bits per heavy atom. The first-order valence-electron chi connectivity index (χ1n) is 11.9. The Morgan fingerprint density at radius 1 is 0.968 bits per heavy atom.